The number of rotatable bonds is 22. The highest BCUT2D eigenvalue weighted by Crippen LogP contribution is 2.36. The molecule has 462 valence electrons. The van der Waals surface area contributed by atoms with E-state index in [1.807, 2.05) is 0 Å². The van der Waals surface area contributed by atoms with Gasteiger partial charge in [-0.1, -0.05) is 0 Å². The lowest BCUT2D eigenvalue weighted by Crippen LogP contribution is -2.72. The first-order valence-corrected chi connectivity index (χ1v) is 25.2. The average Bonchev–Trinajstić information content (AvgIpc) is 3.52. The van der Waals surface area contributed by atoms with Crippen molar-refractivity contribution in [3.05, 3.63) is 0 Å². The van der Waals surface area contributed by atoms with E-state index in [-0.39, 0.29) is 0 Å². The third-order valence-corrected chi connectivity index (χ3v) is 14.3. The Labute approximate surface area is 453 Å². The minimum atomic E-state index is -2.29. The first-order valence-electron chi connectivity index (χ1n) is 25.2. The lowest BCUT2D eigenvalue weighted by Gasteiger charge is -2.51. The van der Waals surface area contributed by atoms with Crippen molar-refractivity contribution in [3.63, 3.8) is 0 Å². The molecule has 6 heterocycles. The number of primary amides is 1. The predicted octanol–water partition coefficient (Wildman–Crippen LogP) is -13.9. The zero-order chi connectivity index (χ0) is 59.3. The van der Waals surface area contributed by atoms with E-state index in [1.54, 1.807) is 0 Å². The van der Waals surface area contributed by atoms with Crippen molar-refractivity contribution < 1.29 is 158 Å². The summed E-state index contributed by atoms with van der Waals surface area (Å²) < 4.78 is 63.7. The van der Waals surface area contributed by atoms with E-state index in [0.717, 1.165) is 13.8 Å². The Balaban J connectivity index is 1.31. The molecule has 22 N–H and O–H groups in total. The molecule has 6 rings (SSSR count). The number of aliphatic carboxylic acids is 1. The molecule has 0 unspecified atom stereocenters. The lowest BCUT2D eigenvalue weighted by molar-refractivity contribution is -0.383. The summed E-state index contributed by atoms with van der Waals surface area (Å²) in [5.41, 5.74) is 5.27. The topological polar surface area (TPSA) is 576 Å². The minimum Gasteiger partial charge on any atom is -0.480 e. The van der Waals surface area contributed by atoms with Gasteiger partial charge in [0.2, 0.25) is 17.7 Å². The number of nitrogens with two attached hydrogens (primary N) is 1. The van der Waals surface area contributed by atoms with Crippen LogP contribution in [0.5, 0.6) is 0 Å². The molecule has 0 radical (unpaired) electrons. The van der Waals surface area contributed by atoms with Crippen LogP contribution in [0.3, 0.4) is 0 Å². The first-order chi connectivity index (χ1) is 37.6. The van der Waals surface area contributed by atoms with Gasteiger partial charge in [-0.2, -0.15) is 0 Å². The molecular weight excluding hydrogens is 1100 g/mol. The zero-order valence-electron chi connectivity index (χ0n) is 42.9. The van der Waals surface area contributed by atoms with Crippen molar-refractivity contribution in [1.82, 2.24) is 16.0 Å². The van der Waals surface area contributed by atoms with Crippen LogP contribution < -0.4 is 21.7 Å². The molecule has 80 heavy (non-hydrogen) atoms. The molecule has 3 amide bonds. The van der Waals surface area contributed by atoms with Gasteiger partial charge in [0.25, 0.3) is 0 Å². The summed E-state index contributed by atoms with van der Waals surface area (Å²) in [6, 6.07) is -5.42. The van der Waals surface area contributed by atoms with Crippen molar-refractivity contribution in [2.75, 3.05) is 33.0 Å². The number of hydrogen-bond donors (Lipinski definition) is 21. The molecule has 0 saturated carbocycles. The van der Waals surface area contributed by atoms with Crippen LogP contribution in [-0.2, 0) is 71.3 Å². The molecule has 0 aliphatic carbocycles. The summed E-state index contributed by atoms with van der Waals surface area (Å²) in [6.07, 6.45) is -53.9. The molecule has 36 heteroatoms. The highest BCUT2D eigenvalue weighted by atomic mass is 16.8. The zero-order valence-corrected chi connectivity index (χ0v) is 42.9. The molecule has 6 fully saturated rings. The van der Waals surface area contributed by atoms with E-state index in [1.165, 1.54) is 6.92 Å². The number of ether oxygens (including phenoxy) is 11. The molecule has 0 aromatic rings. The van der Waals surface area contributed by atoms with Crippen LogP contribution in [0.2, 0.25) is 0 Å². The summed E-state index contributed by atoms with van der Waals surface area (Å²) in [5, 5.41) is 190. The highest BCUT2D eigenvalue weighted by molar-refractivity contribution is 5.83. The maximum atomic E-state index is 12.9. The number of carbonyl (C=O) groups is 4. The summed E-state index contributed by atoms with van der Waals surface area (Å²) in [5.74, 6) is -4.49. The standard InChI is InChI=1S/C44H74N4O32/c1-10-22(55)28(61)31(64)41(72-10)71-9-18-36(26(59)20(46-11(2)52)38(73-18)48-13(39(68)69)4-19(45)54)78-40-21(47-12(3)53)27(60)35(16(7-51)76-40)79-44-34(67)37(80-43-33(66)30(63)24(57)15(6-50)75-43)25(58)17(77-44)8-70-42-32(65)29(62)23(56)14(5-49)74-42/h10,13-18,20-38,40-44,48-51,55-67H,4-9H2,1-3H3,(H2,45,54)(H,46,52)(H,47,53)(H,68,69)/t10-,13+,14-,15-,16-,17-,18-,20-,21-,22+,23-,24-,25-,26-,27-,28+,29+,30+,31-,32+,33+,34+,35-,36-,37+,38-,40+,41+,42+,43-,44+/m1/s1. The van der Waals surface area contributed by atoms with Crippen molar-refractivity contribution in [2.45, 2.75) is 217 Å². The lowest BCUT2D eigenvalue weighted by atomic mass is 9.93. The van der Waals surface area contributed by atoms with Gasteiger partial charge >= 0.3 is 5.97 Å². The number of carboxylic acid groups (broad SMARTS) is 1. The van der Waals surface area contributed by atoms with Gasteiger partial charge in [0.1, 0.15) is 146 Å². The minimum absolute atomic E-state index is 0.844. The number of aliphatic hydroxyl groups is 16. The van der Waals surface area contributed by atoms with E-state index in [4.69, 9.17) is 57.8 Å². The van der Waals surface area contributed by atoms with Crippen LogP contribution in [0, 0.1) is 0 Å². The van der Waals surface area contributed by atoms with Gasteiger partial charge in [0.15, 0.2) is 31.5 Å². The van der Waals surface area contributed by atoms with Gasteiger partial charge < -0.3 is 155 Å². The number of carbonyl (C=O) groups excluding carboxylic acids is 3. The van der Waals surface area contributed by atoms with Crippen LogP contribution >= 0.6 is 0 Å². The molecule has 0 bridgehead atoms. The van der Waals surface area contributed by atoms with E-state index in [9.17, 15) is 106 Å². The number of amides is 3. The largest absolute Gasteiger partial charge is 0.480 e. The molecule has 0 aromatic heterocycles. The highest BCUT2D eigenvalue weighted by Gasteiger charge is 2.57. The van der Waals surface area contributed by atoms with Gasteiger partial charge in [0, 0.05) is 13.8 Å². The van der Waals surface area contributed by atoms with Gasteiger partial charge in [-0.05, 0) is 6.92 Å². The Hall–Kier alpha value is -3.24. The van der Waals surface area contributed by atoms with Gasteiger partial charge in [0.05, 0.1) is 51.6 Å². The smallest absolute Gasteiger partial charge is 0.321 e. The van der Waals surface area contributed by atoms with Gasteiger partial charge in [-0.3, -0.25) is 24.5 Å². The SMILES string of the molecule is CC(=O)N[C@@H]1[C@@H](O)[C@H](O[C@@H]2O[C@H](CO)[C@@H](O[C@@H]3O[C@H](CO[C@H]4O[C@H](CO)[C@@H](O)[C@H](O)[C@@H]4O)[C@@H](O)[C@H](O[C@H]4O[C@H](CO)[C@@H](O)[C@H](O)[C@@H]4O)[C@@H]3O)[C@H](O)[C@H]2NC(C)=O)[C@@H](CO[C@H]2O[C@H](C)[C@H](O)[C@H](O)[C@H]2O)O[C@H]1N[C@@H](CC(N)=O)C(=O)O. The summed E-state index contributed by atoms with van der Waals surface area (Å²) in [7, 11) is 0. The maximum Gasteiger partial charge on any atom is 0.321 e. The first kappa shape index (κ1) is 65.9. The number of carboxylic acids is 1. The van der Waals surface area contributed by atoms with E-state index >= 15 is 0 Å². The molecule has 0 spiro atoms. The second kappa shape index (κ2) is 28.6. The summed E-state index contributed by atoms with van der Waals surface area (Å²) >= 11 is 0. The Morgan fingerprint density at radius 2 is 0.887 bits per heavy atom. The van der Waals surface area contributed by atoms with Crippen LogP contribution in [0.25, 0.3) is 0 Å². The van der Waals surface area contributed by atoms with E-state index < -0.39 is 253 Å². The molecule has 36 nitrogen and oxygen atoms in total. The fourth-order valence-corrected chi connectivity index (χ4v) is 9.84. The van der Waals surface area contributed by atoms with Crippen molar-refractivity contribution >= 4 is 23.7 Å². The van der Waals surface area contributed by atoms with Crippen LogP contribution in [0.15, 0.2) is 0 Å². The third kappa shape index (κ3) is 15.0. The quantitative estimate of drug-likeness (QED) is 0.0479. The van der Waals surface area contributed by atoms with Crippen LogP contribution in [0.1, 0.15) is 27.2 Å². The van der Waals surface area contributed by atoms with E-state index in [2.05, 4.69) is 16.0 Å². The second-order valence-corrected chi connectivity index (χ2v) is 20.1. The number of hydrogen-bond acceptors (Lipinski definition) is 32. The Kier molecular flexibility index (Phi) is 23.5. The van der Waals surface area contributed by atoms with Crippen molar-refractivity contribution in [2.24, 2.45) is 5.73 Å². The average molecular weight is 1170 g/mol. The Bertz CT molecular complexity index is 2020. The van der Waals surface area contributed by atoms with E-state index in [0.29, 0.717) is 0 Å². The Morgan fingerprint density at radius 1 is 0.463 bits per heavy atom. The summed E-state index contributed by atoms with van der Waals surface area (Å²) in [4.78, 5) is 49.6. The maximum absolute atomic E-state index is 12.9. The van der Waals surface area contributed by atoms with Crippen molar-refractivity contribution in [3.8, 4) is 0 Å². The molecule has 31 atom stereocenters. The fourth-order valence-electron chi connectivity index (χ4n) is 9.84. The Morgan fingerprint density at radius 3 is 1.43 bits per heavy atom. The third-order valence-electron chi connectivity index (χ3n) is 14.3. The molecule has 0 aromatic carbocycles. The fraction of sp³-hybridized carbons (Fsp3) is 0.909. The van der Waals surface area contributed by atoms with Crippen LogP contribution in [0.4, 0.5) is 0 Å². The molecule has 6 saturated heterocycles. The molecule has 6 aliphatic rings. The second-order valence-electron chi connectivity index (χ2n) is 20.1. The van der Waals surface area contributed by atoms with Crippen molar-refractivity contribution in [1.29, 1.82) is 0 Å². The summed E-state index contributed by atoms with van der Waals surface area (Å²) in [6.45, 7) is -1.40. The normalized spacial score (nSPS) is 46.7. The molecular formula is C44H74N4O32. The van der Waals surface area contributed by atoms with Crippen LogP contribution in [-0.4, -0.2) is 334 Å². The monoisotopic (exact) mass is 1170 g/mol. The predicted molar refractivity (Wildman–Crippen MR) is 247 cm³/mol. The van der Waals surface area contributed by atoms with Gasteiger partial charge in [-0.25, -0.2) is 0 Å². The number of nitrogens with one attached hydrogen (secondary N) is 3. The van der Waals surface area contributed by atoms with Gasteiger partial charge in [-0.15, -0.1) is 0 Å². The molecule has 6 aliphatic heterocycles. The number of aliphatic hydroxyl groups excluding tert-OH is 16.